The minimum Gasteiger partial charge on any atom is -0.482 e. The van der Waals surface area contributed by atoms with Gasteiger partial charge in [0.15, 0.2) is 6.61 Å². The second kappa shape index (κ2) is 10.8. The van der Waals surface area contributed by atoms with Gasteiger partial charge in [-0.25, -0.2) is 14.6 Å². The summed E-state index contributed by atoms with van der Waals surface area (Å²) in [6, 6.07) is 11.2. The first-order chi connectivity index (χ1) is 19.9. The molecule has 1 atom stereocenters. The number of carbonyl (C=O) groups is 3. The predicted molar refractivity (Wildman–Crippen MR) is 149 cm³/mol. The number of hydrogen-bond acceptors (Lipinski definition) is 6. The molecule has 41 heavy (non-hydrogen) atoms. The van der Waals surface area contributed by atoms with Crippen molar-refractivity contribution in [2.24, 2.45) is 0 Å². The van der Waals surface area contributed by atoms with Crippen LogP contribution in [0.3, 0.4) is 0 Å². The maximum absolute atomic E-state index is 13.3. The average Bonchev–Trinajstić information content (AvgIpc) is 3.77. The summed E-state index contributed by atoms with van der Waals surface area (Å²) in [6.45, 7) is -0.494. The van der Waals surface area contributed by atoms with E-state index < -0.39 is 30.5 Å². The van der Waals surface area contributed by atoms with Gasteiger partial charge in [-0.1, -0.05) is 12.8 Å². The fraction of sp³-hybridized carbons (Fsp3) is 0.267. The third-order valence-electron chi connectivity index (χ3n) is 7.55. The summed E-state index contributed by atoms with van der Waals surface area (Å²) in [5, 5.41) is 22.1. The third kappa shape index (κ3) is 5.25. The molecule has 11 nitrogen and oxygen atoms in total. The molecule has 1 aliphatic rings. The number of aromatic amines is 1. The first kappa shape index (κ1) is 26.2. The number of imidazole rings is 1. The number of fused-ring (bicyclic) bond motifs is 2. The topological polar surface area (TPSA) is 160 Å². The smallest absolute Gasteiger partial charge is 0.341 e. The van der Waals surface area contributed by atoms with Crippen LogP contribution in [0, 0.1) is 0 Å². The molecule has 5 aromatic rings. The minimum absolute atomic E-state index is 0.00659. The van der Waals surface area contributed by atoms with Crippen LogP contribution in [0.15, 0.2) is 65.6 Å². The highest BCUT2D eigenvalue weighted by atomic mass is 16.5. The number of rotatable bonds is 10. The monoisotopic (exact) mass is 556 g/mol. The van der Waals surface area contributed by atoms with E-state index in [2.05, 4.69) is 14.9 Å². The third-order valence-corrected chi connectivity index (χ3v) is 7.55. The average molecular weight is 557 g/mol. The number of aliphatic carboxylic acids is 2. The lowest BCUT2D eigenvalue weighted by molar-refractivity contribution is -0.140. The van der Waals surface area contributed by atoms with Crippen LogP contribution in [-0.2, 0) is 16.0 Å². The van der Waals surface area contributed by atoms with E-state index in [1.807, 2.05) is 12.1 Å². The number of benzene rings is 2. The van der Waals surface area contributed by atoms with Crippen LogP contribution in [0.4, 0.5) is 0 Å². The summed E-state index contributed by atoms with van der Waals surface area (Å²) in [5.74, 6) is -1.68. The van der Waals surface area contributed by atoms with Crippen LogP contribution < -0.4 is 10.1 Å². The summed E-state index contributed by atoms with van der Waals surface area (Å²) in [4.78, 5) is 44.2. The van der Waals surface area contributed by atoms with Gasteiger partial charge in [0.1, 0.15) is 23.9 Å². The molecular formula is C30H28N4O7. The second-order valence-electron chi connectivity index (χ2n) is 10.2. The van der Waals surface area contributed by atoms with Crippen LogP contribution in [0.25, 0.3) is 33.3 Å². The molecule has 210 valence electrons. The predicted octanol–water partition coefficient (Wildman–Crippen LogP) is 4.78. The Bertz CT molecular complexity index is 1750. The summed E-state index contributed by atoms with van der Waals surface area (Å²) in [5.41, 5.74) is 4.11. The number of nitrogens with zero attached hydrogens (tertiary/aromatic N) is 2. The number of amides is 1. The van der Waals surface area contributed by atoms with Gasteiger partial charge in [-0.3, -0.25) is 4.79 Å². The fourth-order valence-electron chi connectivity index (χ4n) is 5.59. The highest BCUT2D eigenvalue weighted by Gasteiger charge is 2.26. The van der Waals surface area contributed by atoms with E-state index in [1.54, 1.807) is 49.1 Å². The van der Waals surface area contributed by atoms with Crippen molar-refractivity contribution in [3.63, 3.8) is 0 Å². The van der Waals surface area contributed by atoms with E-state index in [0.717, 1.165) is 48.1 Å². The largest absolute Gasteiger partial charge is 0.482 e. The summed E-state index contributed by atoms with van der Waals surface area (Å²) < 4.78 is 12.8. The zero-order valence-electron chi connectivity index (χ0n) is 22.0. The molecule has 0 bridgehead atoms. The SMILES string of the molecule is O=C(O)COc1ccc2[nH]cc(C[C@H](NC(=O)c3ccc4c(c3)nc(-c3ccoc3)n4C3CCCC3)C(=O)O)c2c1. The van der Waals surface area contributed by atoms with Crippen molar-refractivity contribution in [2.75, 3.05) is 6.61 Å². The Labute approximate surface area is 233 Å². The molecule has 3 heterocycles. The molecule has 0 saturated heterocycles. The van der Waals surface area contributed by atoms with E-state index in [1.165, 1.54) is 0 Å². The summed E-state index contributed by atoms with van der Waals surface area (Å²) in [7, 11) is 0. The Morgan fingerprint density at radius 2 is 1.95 bits per heavy atom. The van der Waals surface area contributed by atoms with Crippen molar-refractivity contribution < 1.29 is 33.8 Å². The molecule has 1 aliphatic carbocycles. The molecule has 3 aromatic heterocycles. The molecule has 11 heteroatoms. The fourth-order valence-corrected chi connectivity index (χ4v) is 5.59. The molecule has 0 spiro atoms. The van der Waals surface area contributed by atoms with Gasteiger partial charge >= 0.3 is 11.9 Å². The van der Waals surface area contributed by atoms with Crippen molar-refractivity contribution in [1.29, 1.82) is 0 Å². The van der Waals surface area contributed by atoms with Gasteiger partial charge < -0.3 is 34.2 Å². The van der Waals surface area contributed by atoms with E-state index in [4.69, 9.17) is 19.2 Å². The Morgan fingerprint density at radius 1 is 1.12 bits per heavy atom. The van der Waals surface area contributed by atoms with Crippen molar-refractivity contribution in [3.8, 4) is 17.1 Å². The number of carboxylic acids is 2. The van der Waals surface area contributed by atoms with Crippen LogP contribution in [-0.4, -0.2) is 55.2 Å². The molecule has 2 aromatic carbocycles. The minimum atomic E-state index is -1.21. The van der Waals surface area contributed by atoms with Crippen molar-refractivity contribution in [3.05, 3.63) is 72.3 Å². The second-order valence-corrected chi connectivity index (χ2v) is 10.2. The Kier molecular flexibility index (Phi) is 6.92. The van der Waals surface area contributed by atoms with Crippen molar-refractivity contribution >= 4 is 39.8 Å². The lowest BCUT2D eigenvalue weighted by Gasteiger charge is -2.16. The van der Waals surface area contributed by atoms with Crippen LogP contribution in [0.5, 0.6) is 5.75 Å². The highest BCUT2D eigenvalue weighted by molar-refractivity contribution is 6.00. The van der Waals surface area contributed by atoms with Gasteiger partial charge in [0, 0.05) is 35.1 Å². The lowest BCUT2D eigenvalue weighted by atomic mass is 10.0. The van der Waals surface area contributed by atoms with Crippen LogP contribution in [0.2, 0.25) is 0 Å². The number of nitrogens with one attached hydrogen (secondary N) is 2. The Balaban J connectivity index is 1.25. The number of carboxylic acid groups (broad SMARTS) is 2. The maximum Gasteiger partial charge on any atom is 0.341 e. The number of H-pyrrole nitrogens is 1. The Hall–Kier alpha value is -5.06. The number of aromatic nitrogens is 3. The molecule has 0 unspecified atom stereocenters. The van der Waals surface area contributed by atoms with E-state index in [-0.39, 0.29) is 6.42 Å². The number of hydrogen-bond donors (Lipinski definition) is 4. The van der Waals surface area contributed by atoms with E-state index >= 15 is 0 Å². The standard InChI is InChI=1S/C30H28N4O7/c35-27(36)16-41-21-6-7-23-22(13-21)19(14-31-23)12-25(30(38)39)33-29(37)17-5-8-26-24(11-17)32-28(18-9-10-40-15-18)34(26)20-3-1-2-4-20/h5-11,13-15,20,25,31H,1-4,12,16H2,(H,33,37)(H,35,36)(H,38,39)/t25-/m0/s1. The molecule has 0 radical (unpaired) electrons. The lowest BCUT2D eigenvalue weighted by Crippen LogP contribution is -2.42. The van der Waals surface area contributed by atoms with Gasteiger partial charge in [-0.15, -0.1) is 0 Å². The Morgan fingerprint density at radius 3 is 2.68 bits per heavy atom. The van der Waals surface area contributed by atoms with Gasteiger partial charge in [-0.2, -0.15) is 0 Å². The normalized spacial score (nSPS) is 14.4. The molecule has 1 amide bonds. The molecule has 6 rings (SSSR count). The van der Waals surface area contributed by atoms with E-state index in [9.17, 15) is 19.5 Å². The van der Waals surface area contributed by atoms with Gasteiger partial charge in [0.2, 0.25) is 0 Å². The number of furan rings is 1. The molecule has 1 fully saturated rings. The molecule has 4 N–H and O–H groups in total. The van der Waals surface area contributed by atoms with Crippen molar-refractivity contribution in [2.45, 2.75) is 44.2 Å². The zero-order chi connectivity index (χ0) is 28.5. The molecule has 0 aliphatic heterocycles. The summed E-state index contributed by atoms with van der Waals surface area (Å²) in [6.07, 6.45) is 9.36. The summed E-state index contributed by atoms with van der Waals surface area (Å²) >= 11 is 0. The van der Waals surface area contributed by atoms with Crippen LogP contribution in [0.1, 0.15) is 47.6 Å². The van der Waals surface area contributed by atoms with Gasteiger partial charge in [0.05, 0.1) is 22.9 Å². The number of ether oxygens (including phenoxy) is 1. The highest BCUT2D eigenvalue weighted by Crippen LogP contribution is 2.37. The van der Waals surface area contributed by atoms with E-state index in [0.29, 0.717) is 33.8 Å². The quantitative estimate of drug-likeness (QED) is 0.191. The van der Waals surface area contributed by atoms with Crippen molar-refractivity contribution in [1.82, 2.24) is 19.9 Å². The number of carbonyl (C=O) groups excluding carboxylic acids is 1. The van der Waals surface area contributed by atoms with Gasteiger partial charge in [0.25, 0.3) is 5.91 Å². The zero-order valence-corrected chi connectivity index (χ0v) is 22.0. The first-order valence-corrected chi connectivity index (χ1v) is 13.4. The first-order valence-electron chi connectivity index (χ1n) is 13.4. The molecular weight excluding hydrogens is 528 g/mol. The van der Waals surface area contributed by atoms with Gasteiger partial charge in [-0.05, 0) is 60.9 Å². The van der Waals surface area contributed by atoms with Crippen LogP contribution >= 0.6 is 0 Å². The molecule has 1 saturated carbocycles. The maximum atomic E-state index is 13.3.